The summed E-state index contributed by atoms with van der Waals surface area (Å²) in [6, 6.07) is 10.9. The van der Waals surface area contributed by atoms with E-state index in [2.05, 4.69) is 4.98 Å². The second-order valence-corrected chi connectivity index (χ2v) is 4.80. The fourth-order valence-electron chi connectivity index (χ4n) is 2.20. The van der Waals surface area contributed by atoms with Crippen molar-refractivity contribution in [3.05, 3.63) is 53.1 Å². The van der Waals surface area contributed by atoms with Gasteiger partial charge in [-0.3, -0.25) is 0 Å². The Morgan fingerprint density at radius 2 is 2.00 bits per heavy atom. The molecule has 2 aromatic carbocycles. The van der Waals surface area contributed by atoms with Gasteiger partial charge in [0.15, 0.2) is 5.58 Å². The third-order valence-corrected chi connectivity index (χ3v) is 3.27. The molecule has 0 spiro atoms. The molecule has 4 nitrogen and oxygen atoms in total. The third kappa shape index (κ3) is 1.95. The number of carboxylic acids is 1. The minimum absolute atomic E-state index is 0.131. The number of hydrogen-bond acceptors (Lipinski definition) is 3. The fourth-order valence-corrected chi connectivity index (χ4v) is 2.20. The summed E-state index contributed by atoms with van der Waals surface area (Å²) in [6.45, 7) is 3.97. The Labute approximate surface area is 115 Å². The zero-order chi connectivity index (χ0) is 14.3. The summed E-state index contributed by atoms with van der Waals surface area (Å²) in [6.07, 6.45) is 0. The van der Waals surface area contributed by atoms with Gasteiger partial charge in [-0.15, -0.1) is 0 Å². The third-order valence-electron chi connectivity index (χ3n) is 3.27. The number of para-hydroxylation sites is 1. The van der Waals surface area contributed by atoms with E-state index in [1.807, 2.05) is 32.0 Å². The Morgan fingerprint density at radius 1 is 1.20 bits per heavy atom. The molecule has 0 radical (unpaired) electrons. The average Bonchev–Trinajstić information content (AvgIpc) is 2.84. The highest BCUT2D eigenvalue weighted by Crippen LogP contribution is 2.29. The maximum Gasteiger partial charge on any atom is 0.339 e. The average molecular weight is 267 g/mol. The van der Waals surface area contributed by atoms with Crippen molar-refractivity contribution in [3.8, 4) is 11.5 Å². The lowest BCUT2D eigenvalue weighted by Gasteiger charge is -2.02. The van der Waals surface area contributed by atoms with Gasteiger partial charge < -0.3 is 9.52 Å². The van der Waals surface area contributed by atoms with Crippen molar-refractivity contribution in [1.29, 1.82) is 0 Å². The number of aromatic carboxylic acids is 1. The molecule has 0 unspecified atom stereocenters. The molecule has 100 valence electrons. The first-order valence-electron chi connectivity index (χ1n) is 6.27. The van der Waals surface area contributed by atoms with Gasteiger partial charge in [0.25, 0.3) is 0 Å². The zero-order valence-electron chi connectivity index (χ0n) is 11.2. The van der Waals surface area contributed by atoms with E-state index in [4.69, 9.17) is 4.42 Å². The summed E-state index contributed by atoms with van der Waals surface area (Å²) >= 11 is 0. The quantitative estimate of drug-likeness (QED) is 0.766. The van der Waals surface area contributed by atoms with E-state index in [0.29, 0.717) is 17.0 Å². The van der Waals surface area contributed by atoms with Crippen LogP contribution in [-0.2, 0) is 0 Å². The van der Waals surface area contributed by atoms with Gasteiger partial charge in [0.2, 0.25) is 5.89 Å². The minimum atomic E-state index is -1.01. The Hall–Kier alpha value is -2.62. The predicted molar refractivity (Wildman–Crippen MR) is 75.9 cm³/mol. The van der Waals surface area contributed by atoms with Gasteiger partial charge in [0.05, 0.1) is 0 Å². The molecule has 0 bridgehead atoms. The summed E-state index contributed by atoms with van der Waals surface area (Å²) in [4.78, 5) is 15.6. The lowest BCUT2D eigenvalue weighted by molar-refractivity contribution is 0.0698. The molecule has 0 aliphatic carbocycles. The number of nitrogens with zero attached hydrogens (tertiary/aromatic N) is 1. The lowest BCUT2D eigenvalue weighted by Crippen LogP contribution is -1.95. The number of hydrogen-bond donors (Lipinski definition) is 1. The second kappa shape index (κ2) is 4.49. The van der Waals surface area contributed by atoms with Gasteiger partial charge in [-0.1, -0.05) is 23.8 Å². The molecule has 0 saturated carbocycles. The second-order valence-electron chi connectivity index (χ2n) is 4.80. The number of carboxylic acid groups (broad SMARTS) is 1. The number of benzene rings is 2. The number of aryl methyl sites for hydroxylation is 2. The molecule has 20 heavy (non-hydrogen) atoms. The van der Waals surface area contributed by atoms with Crippen LogP contribution < -0.4 is 0 Å². The Bertz CT molecular complexity index is 818. The molecule has 0 aliphatic heterocycles. The Morgan fingerprint density at radius 3 is 2.75 bits per heavy atom. The zero-order valence-corrected chi connectivity index (χ0v) is 11.2. The molecule has 1 aromatic heterocycles. The first-order chi connectivity index (χ1) is 9.56. The maximum atomic E-state index is 11.2. The molecular weight excluding hydrogens is 254 g/mol. The van der Waals surface area contributed by atoms with Crippen LogP contribution >= 0.6 is 0 Å². The summed E-state index contributed by atoms with van der Waals surface area (Å²) < 4.78 is 5.69. The van der Waals surface area contributed by atoms with E-state index in [1.54, 1.807) is 12.1 Å². The van der Waals surface area contributed by atoms with Crippen molar-refractivity contribution >= 4 is 17.1 Å². The SMILES string of the molecule is Cc1ccc(C)c(-c2nc3cccc(C(=O)O)c3o2)c1. The highest BCUT2D eigenvalue weighted by Gasteiger charge is 2.16. The van der Waals surface area contributed by atoms with Gasteiger partial charge in [0.1, 0.15) is 11.1 Å². The predicted octanol–water partition coefficient (Wildman–Crippen LogP) is 3.81. The van der Waals surface area contributed by atoms with Crippen LogP contribution in [-0.4, -0.2) is 16.1 Å². The van der Waals surface area contributed by atoms with E-state index in [9.17, 15) is 9.90 Å². The van der Waals surface area contributed by atoms with Gasteiger partial charge >= 0.3 is 5.97 Å². The van der Waals surface area contributed by atoms with Crippen LogP contribution in [0.15, 0.2) is 40.8 Å². The van der Waals surface area contributed by atoms with Crippen LogP contribution in [0.4, 0.5) is 0 Å². The minimum Gasteiger partial charge on any atom is -0.478 e. The molecule has 0 fully saturated rings. The van der Waals surface area contributed by atoms with Crippen LogP contribution in [0.2, 0.25) is 0 Å². The molecule has 1 N–H and O–H groups in total. The first-order valence-corrected chi connectivity index (χ1v) is 6.27. The molecule has 0 amide bonds. The monoisotopic (exact) mass is 267 g/mol. The molecule has 1 heterocycles. The summed E-state index contributed by atoms with van der Waals surface area (Å²) in [5.74, 6) is -0.561. The van der Waals surface area contributed by atoms with Crippen molar-refractivity contribution in [2.75, 3.05) is 0 Å². The summed E-state index contributed by atoms with van der Waals surface area (Å²) in [5.41, 5.74) is 4.03. The van der Waals surface area contributed by atoms with E-state index in [-0.39, 0.29) is 5.56 Å². The molecular formula is C16H13NO3. The van der Waals surface area contributed by atoms with E-state index in [1.165, 1.54) is 6.07 Å². The van der Waals surface area contributed by atoms with Gasteiger partial charge in [-0.25, -0.2) is 9.78 Å². The normalized spacial score (nSPS) is 10.9. The maximum absolute atomic E-state index is 11.2. The van der Waals surface area contributed by atoms with Crippen LogP contribution in [0.5, 0.6) is 0 Å². The molecule has 3 aromatic rings. The molecule has 0 aliphatic rings. The summed E-state index contributed by atoms with van der Waals surface area (Å²) in [5, 5.41) is 9.17. The lowest BCUT2D eigenvalue weighted by atomic mass is 10.1. The topological polar surface area (TPSA) is 63.3 Å². The van der Waals surface area contributed by atoms with Gasteiger partial charge in [-0.05, 0) is 37.6 Å². The number of oxazole rings is 1. The van der Waals surface area contributed by atoms with Crippen LogP contribution in [0.1, 0.15) is 21.5 Å². The van der Waals surface area contributed by atoms with Crippen LogP contribution in [0.25, 0.3) is 22.6 Å². The van der Waals surface area contributed by atoms with E-state index >= 15 is 0 Å². The molecule has 0 atom stereocenters. The van der Waals surface area contributed by atoms with Crippen molar-refractivity contribution in [3.63, 3.8) is 0 Å². The van der Waals surface area contributed by atoms with Gasteiger partial charge in [-0.2, -0.15) is 0 Å². The Kier molecular flexibility index (Phi) is 2.79. The van der Waals surface area contributed by atoms with Crippen molar-refractivity contribution < 1.29 is 14.3 Å². The number of fused-ring (bicyclic) bond motifs is 1. The molecule has 4 heteroatoms. The van der Waals surface area contributed by atoms with Crippen molar-refractivity contribution in [2.24, 2.45) is 0 Å². The van der Waals surface area contributed by atoms with Crippen LogP contribution in [0, 0.1) is 13.8 Å². The highest BCUT2D eigenvalue weighted by atomic mass is 16.4. The summed E-state index contributed by atoms with van der Waals surface area (Å²) in [7, 11) is 0. The van der Waals surface area contributed by atoms with E-state index in [0.717, 1.165) is 16.7 Å². The number of carbonyl (C=O) groups is 1. The smallest absolute Gasteiger partial charge is 0.339 e. The van der Waals surface area contributed by atoms with Crippen molar-refractivity contribution in [1.82, 2.24) is 4.98 Å². The molecule has 0 saturated heterocycles. The molecule has 3 rings (SSSR count). The Balaban J connectivity index is 2.26. The van der Waals surface area contributed by atoms with Crippen molar-refractivity contribution in [2.45, 2.75) is 13.8 Å². The van der Waals surface area contributed by atoms with E-state index < -0.39 is 5.97 Å². The highest BCUT2D eigenvalue weighted by molar-refractivity contribution is 6.00. The van der Waals surface area contributed by atoms with Gasteiger partial charge in [0, 0.05) is 5.56 Å². The standard InChI is InChI=1S/C16H13NO3/c1-9-6-7-10(2)12(8-9)15-17-13-5-3-4-11(16(18)19)14(13)20-15/h3-8H,1-2H3,(H,18,19). The number of rotatable bonds is 2. The number of aromatic nitrogens is 1. The first kappa shape index (κ1) is 12.4. The van der Waals surface area contributed by atoms with Crippen LogP contribution in [0.3, 0.4) is 0 Å². The fraction of sp³-hybridized carbons (Fsp3) is 0.125. The largest absolute Gasteiger partial charge is 0.478 e.